The average Bonchev–Trinajstić information content (AvgIpc) is 2.31. The van der Waals surface area contributed by atoms with Gasteiger partial charge in [-0.1, -0.05) is 12.1 Å². The zero-order valence-corrected chi connectivity index (χ0v) is 10.9. The number of halogens is 1. The van der Waals surface area contributed by atoms with Gasteiger partial charge in [0.05, 0.1) is 7.05 Å². The molecule has 0 atom stereocenters. The van der Waals surface area contributed by atoms with E-state index in [2.05, 4.69) is 0 Å². The predicted octanol–water partition coefficient (Wildman–Crippen LogP) is -3.38. The lowest BCUT2D eigenvalue weighted by Gasteiger charge is -2.07. The molecule has 6 heteroatoms. The molecule has 1 aromatic carbocycles. The Labute approximate surface area is 110 Å². The third kappa shape index (κ3) is 2.22. The fourth-order valence-corrected chi connectivity index (χ4v) is 1.93. The number of aromatic nitrogens is 2. The van der Waals surface area contributed by atoms with Gasteiger partial charge in [-0.3, -0.25) is 4.79 Å². The van der Waals surface area contributed by atoms with E-state index < -0.39 is 5.91 Å². The van der Waals surface area contributed by atoms with Crippen molar-refractivity contribution in [3.63, 3.8) is 0 Å². The van der Waals surface area contributed by atoms with Gasteiger partial charge in [0.1, 0.15) is 10.9 Å². The summed E-state index contributed by atoms with van der Waals surface area (Å²) >= 11 is 0. The van der Waals surface area contributed by atoms with E-state index in [1.165, 1.54) is 4.57 Å². The Morgan fingerprint density at radius 1 is 1.39 bits per heavy atom. The van der Waals surface area contributed by atoms with Crippen LogP contribution in [-0.2, 0) is 18.4 Å². The summed E-state index contributed by atoms with van der Waals surface area (Å²) in [4.78, 5) is 23.1. The Kier molecular flexibility index (Phi) is 4.08. The van der Waals surface area contributed by atoms with Gasteiger partial charge in [0.25, 0.3) is 11.7 Å². The van der Waals surface area contributed by atoms with Gasteiger partial charge in [-0.25, -0.2) is 9.36 Å². The molecule has 0 aliphatic heterocycles. The number of fused-ring (bicyclic) bond motifs is 1. The molecule has 0 radical (unpaired) electrons. The lowest BCUT2D eigenvalue weighted by Crippen LogP contribution is -3.00. The number of hydrogen-bond donors (Lipinski definition) is 1. The van der Waals surface area contributed by atoms with Crippen LogP contribution in [0.1, 0.15) is 5.82 Å². The van der Waals surface area contributed by atoms with E-state index in [-0.39, 0.29) is 24.5 Å². The third-order valence-electron chi connectivity index (χ3n) is 2.92. The quantitative estimate of drug-likeness (QED) is 0.577. The normalized spacial score (nSPS) is 10.1. The van der Waals surface area contributed by atoms with Gasteiger partial charge in [0.15, 0.2) is 6.54 Å². The summed E-state index contributed by atoms with van der Waals surface area (Å²) in [7, 11) is 1.68. The number of carbonyl (C=O) groups is 1. The lowest BCUT2D eigenvalue weighted by atomic mass is 10.2. The topological polar surface area (TPSA) is 69.0 Å². The zero-order valence-electron chi connectivity index (χ0n) is 10.2. The summed E-state index contributed by atoms with van der Waals surface area (Å²) in [5.41, 5.74) is 5.88. The SMILES string of the molecule is Cc1n(C)c(=O)c2ccccc2[n+]1CC(N)=O.[Cl-]. The molecule has 2 N–H and O–H groups in total. The molecule has 0 saturated carbocycles. The maximum absolute atomic E-state index is 12.0. The minimum absolute atomic E-state index is 0. The summed E-state index contributed by atoms with van der Waals surface area (Å²) in [6, 6.07) is 7.19. The van der Waals surface area contributed by atoms with Crippen molar-refractivity contribution in [3.05, 3.63) is 40.4 Å². The van der Waals surface area contributed by atoms with E-state index in [1.54, 1.807) is 30.7 Å². The summed E-state index contributed by atoms with van der Waals surface area (Å²) in [5, 5.41) is 0.585. The summed E-state index contributed by atoms with van der Waals surface area (Å²) in [5.74, 6) is 0.273. The van der Waals surface area contributed by atoms with Crippen LogP contribution in [0.2, 0.25) is 0 Å². The van der Waals surface area contributed by atoms with Gasteiger partial charge in [-0.05, 0) is 12.1 Å². The van der Waals surface area contributed by atoms with Gasteiger partial charge in [-0.2, -0.15) is 4.57 Å². The summed E-state index contributed by atoms with van der Waals surface area (Å²) < 4.78 is 3.27. The molecule has 0 unspecified atom stereocenters. The highest BCUT2D eigenvalue weighted by molar-refractivity contribution is 5.76. The largest absolute Gasteiger partial charge is 1.00 e. The Morgan fingerprint density at radius 3 is 2.61 bits per heavy atom. The number of carbonyl (C=O) groups excluding carboxylic acids is 1. The summed E-state index contributed by atoms with van der Waals surface area (Å²) in [6.45, 7) is 1.86. The van der Waals surface area contributed by atoms with Crippen LogP contribution in [0.15, 0.2) is 29.1 Å². The minimum Gasteiger partial charge on any atom is -1.00 e. The molecule has 0 aliphatic rings. The van der Waals surface area contributed by atoms with Crippen LogP contribution in [0.25, 0.3) is 10.9 Å². The number of para-hydroxylation sites is 1. The molecule has 0 bridgehead atoms. The van der Waals surface area contributed by atoms with E-state index in [0.717, 1.165) is 5.52 Å². The number of nitrogens with zero attached hydrogens (tertiary/aromatic N) is 2. The van der Waals surface area contributed by atoms with E-state index in [9.17, 15) is 9.59 Å². The highest BCUT2D eigenvalue weighted by Crippen LogP contribution is 2.05. The van der Waals surface area contributed by atoms with Crippen molar-refractivity contribution in [2.75, 3.05) is 0 Å². The van der Waals surface area contributed by atoms with Crippen LogP contribution in [0, 0.1) is 6.92 Å². The predicted molar refractivity (Wildman–Crippen MR) is 63.3 cm³/mol. The maximum atomic E-state index is 12.0. The minimum atomic E-state index is -0.429. The first-order valence-electron chi connectivity index (χ1n) is 5.29. The second kappa shape index (κ2) is 5.18. The van der Waals surface area contributed by atoms with Crippen molar-refractivity contribution in [1.82, 2.24) is 4.57 Å². The number of primary amides is 1. The molecule has 2 aromatic rings. The van der Waals surface area contributed by atoms with E-state index >= 15 is 0 Å². The molecule has 96 valence electrons. The number of nitrogens with two attached hydrogens (primary N) is 1. The fraction of sp³-hybridized carbons (Fsp3) is 0.250. The molecule has 0 aliphatic carbocycles. The molecule has 1 aromatic heterocycles. The van der Waals surface area contributed by atoms with Crippen LogP contribution in [-0.4, -0.2) is 10.5 Å². The smallest absolute Gasteiger partial charge is 0.345 e. The average molecular weight is 268 g/mol. The fourth-order valence-electron chi connectivity index (χ4n) is 1.93. The molecular formula is C12H14ClN3O2. The van der Waals surface area contributed by atoms with Gasteiger partial charge in [-0.15, -0.1) is 0 Å². The first-order chi connectivity index (χ1) is 8.02. The van der Waals surface area contributed by atoms with Crippen molar-refractivity contribution < 1.29 is 21.8 Å². The summed E-state index contributed by atoms with van der Waals surface area (Å²) in [6.07, 6.45) is 0. The second-order valence-electron chi connectivity index (χ2n) is 3.98. The molecule has 1 heterocycles. The molecule has 2 rings (SSSR count). The first kappa shape index (κ1) is 14.2. The van der Waals surface area contributed by atoms with Gasteiger partial charge in [0, 0.05) is 6.92 Å². The van der Waals surface area contributed by atoms with Crippen LogP contribution in [0.3, 0.4) is 0 Å². The van der Waals surface area contributed by atoms with Crippen LogP contribution in [0.4, 0.5) is 0 Å². The first-order valence-corrected chi connectivity index (χ1v) is 5.29. The molecule has 1 amide bonds. The van der Waals surface area contributed by atoms with E-state index in [0.29, 0.717) is 11.2 Å². The van der Waals surface area contributed by atoms with Crippen molar-refractivity contribution in [3.8, 4) is 0 Å². The molecule has 18 heavy (non-hydrogen) atoms. The number of hydrogen-bond acceptors (Lipinski definition) is 2. The van der Waals surface area contributed by atoms with Crippen LogP contribution < -0.4 is 28.3 Å². The Bertz CT molecular complexity index is 664. The Balaban J connectivity index is 0.00000162. The van der Waals surface area contributed by atoms with E-state index in [1.807, 2.05) is 12.1 Å². The number of rotatable bonds is 2. The Morgan fingerprint density at radius 2 is 2.00 bits per heavy atom. The van der Waals surface area contributed by atoms with Crippen molar-refractivity contribution in [2.24, 2.45) is 12.8 Å². The monoisotopic (exact) mass is 267 g/mol. The van der Waals surface area contributed by atoms with Crippen molar-refractivity contribution in [2.45, 2.75) is 13.5 Å². The highest BCUT2D eigenvalue weighted by Gasteiger charge is 2.18. The van der Waals surface area contributed by atoms with Gasteiger partial charge in [0.2, 0.25) is 0 Å². The molecule has 5 nitrogen and oxygen atoms in total. The van der Waals surface area contributed by atoms with Crippen molar-refractivity contribution in [1.29, 1.82) is 0 Å². The van der Waals surface area contributed by atoms with Gasteiger partial charge < -0.3 is 18.1 Å². The van der Waals surface area contributed by atoms with Crippen LogP contribution in [0.5, 0.6) is 0 Å². The number of amides is 1. The Hall–Kier alpha value is -1.88. The van der Waals surface area contributed by atoms with Crippen molar-refractivity contribution >= 4 is 16.8 Å². The lowest BCUT2D eigenvalue weighted by molar-refractivity contribution is -0.669. The maximum Gasteiger partial charge on any atom is 0.345 e. The zero-order chi connectivity index (χ0) is 12.6. The molecular weight excluding hydrogens is 254 g/mol. The highest BCUT2D eigenvalue weighted by atomic mass is 35.5. The molecule has 0 spiro atoms. The van der Waals surface area contributed by atoms with E-state index in [4.69, 9.17) is 5.73 Å². The van der Waals surface area contributed by atoms with Crippen LogP contribution >= 0.6 is 0 Å². The molecule has 0 saturated heterocycles. The second-order valence-corrected chi connectivity index (χ2v) is 3.98. The third-order valence-corrected chi connectivity index (χ3v) is 2.92. The van der Waals surface area contributed by atoms with Gasteiger partial charge >= 0.3 is 5.56 Å². The standard InChI is InChI=1S/C12H13N3O2.ClH/c1-8-14(2)12(17)9-5-3-4-6-10(9)15(8)7-11(13)16;/h3-6H,7H2,1-2H3,(H-,13,16);1H. The molecule has 0 fully saturated rings. The number of benzene rings is 1.